The second-order valence-electron chi connectivity index (χ2n) is 7.37. The lowest BCUT2D eigenvalue weighted by molar-refractivity contribution is 0.0746. The van der Waals surface area contributed by atoms with E-state index in [-0.39, 0.29) is 17.6 Å². The van der Waals surface area contributed by atoms with Crippen LogP contribution in [0.25, 0.3) is 0 Å². The molecule has 1 aliphatic heterocycles. The smallest absolute Gasteiger partial charge is 0.253 e. The number of nitrogens with zero attached hydrogens (tertiary/aromatic N) is 3. The number of hydrogen-bond acceptors (Lipinski definition) is 4. The van der Waals surface area contributed by atoms with E-state index in [1.54, 1.807) is 41.3 Å². The van der Waals surface area contributed by atoms with Gasteiger partial charge in [-0.2, -0.15) is 0 Å². The number of rotatable bonds is 6. The molecule has 7 heteroatoms. The zero-order valence-corrected chi connectivity index (χ0v) is 16.9. The molecule has 29 heavy (non-hydrogen) atoms. The molecule has 1 saturated heterocycles. The Labute approximate surface area is 170 Å². The van der Waals surface area contributed by atoms with Crippen molar-refractivity contribution in [2.24, 2.45) is 0 Å². The van der Waals surface area contributed by atoms with Crippen LogP contribution < -0.4 is 10.2 Å². The second kappa shape index (κ2) is 9.52. The van der Waals surface area contributed by atoms with E-state index in [9.17, 15) is 14.0 Å². The minimum Gasteiger partial charge on any atom is -0.366 e. The fraction of sp³-hybridized carbons (Fsp3) is 0.364. The maximum atomic E-state index is 14.0. The SMILES string of the molecule is CN(C)CCNC(=O)c1cccc(C(=O)N2CCN(c3ccccc3F)CC2)c1. The summed E-state index contributed by atoms with van der Waals surface area (Å²) in [4.78, 5) is 30.9. The Kier molecular flexibility index (Phi) is 6.82. The average Bonchev–Trinajstić information content (AvgIpc) is 2.73. The third kappa shape index (κ3) is 5.32. The number of anilines is 1. The van der Waals surface area contributed by atoms with Gasteiger partial charge in [-0.3, -0.25) is 9.59 Å². The molecule has 6 nitrogen and oxygen atoms in total. The molecule has 0 aromatic heterocycles. The van der Waals surface area contributed by atoms with Crippen molar-refractivity contribution in [3.63, 3.8) is 0 Å². The van der Waals surface area contributed by atoms with E-state index in [1.807, 2.05) is 30.0 Å². The van der Waals surface area contributed by atoms with Crippen LogP contribution >= 0.6 is 0 Å². The van der Waals surface area contributed by atoms with Gasteiger partial charge in [-0.1, -0.05) is 18.2 Å². The molecule has 3 rings (SSSR count). The van der Waals surface area contributed by atoms with Gasteiger partial charge in [0.05, 0.1) is 5.69 Å². The van der Waals surface area contributed by atoms with Gasteiger partial charge in [0.25, 0.3) is 11.8 Å². The van der Waals surface area contributed by atoms with Gasteiger partial charge in [-0.15, -0.1) is 0 Å². The van der Waals surface area contributed by atoms with E-state index in [0.29, 0.717) is 49.5 Å². The summed E-state index contributed by atoms with van der Waals surface area (Å²) in [6.45, 7) is 3.44. The number of carbonyl (C=O) groups excluding carboxylic acids is 2. The Morgan fingerprint density at radius 3 is 2.38 bits per heavy atom. The van der Waals surface area contributed by atoms with Crippen molar-refractivity contribution in [1.29, 1.82) is 0 Å². The van der Waals surface area contributed by atoms with Crippen molar-refractivity contribution in [2.75, 3.05) is 58.3 Å². The first-order valence-electron chi connectivity index (χ1n) is 9.77. The highest BCUT2D eigenvalue weighted by Gasteiger charge is 2.24. The molecule has 0 spiro atoms. The van der Waals surface area contributed by atoms with Crippen LogP contribution in [0.3, 0.4) is 0 Å². The van der Waals surface area contributed by atoms with Crippen molar-refractivity contribution < 1.29 is 14.0 Å². The van der Waals surface area contributed by atoms with Crippen molar-refractivity contribution >= 4 is 17.5 Å². The zero-order chi connectivity index (χ0) is 20.8. The van der Waals surface area contributed by atoms with Gasteiger partial charge in [0, 0.05) is 50.4 Å². The Balaban J connectivity index is 1.60. The normalized spacial score (nSPS) is 14.2. The lowest BCUT2D eigenvalue weighted by Gasteiger charge is -2.36. The van der Waals surface area contributed by atoms with Crippen LogP contribution in [0, 0.1) is 5.82 Å². The summed E-state index contributed by atoms with van der Waals surface area (Å²) in [5.74, 6) is -0.549. The summed E-state index contributed by atoms with van der Waals surface area (Å²) in [5, 5.41) is 2.86. The van der Waals surface area contributed by atoms with E-state index >= 15 is 0 Å². The lowest BCUT2D eigenvalue weighted by Crippen LogP contribution is -2.49. The first kappa shape index (κ1) is 20.8. The largest absolute Gasteiger partial charge is 0.366 e. The molecule has 2 amide bonds. The highest BCUT2D eigenvalue weighted by Crippen LogP contribution is 2.21. The van der Waals surface area contributed by atoms with Crippen LogP contribution in [-0.4, -0.2) is 75.0 Å². The van der Waals surface area contributed by atoms with Crippen molar-refractivity contribution in [2.45, 2.75) is 0 Å². The summed E-state index contributed by atoms with van der Waals surface area (Å²) >= 11 is 0. The highest BCUT2D eigenvalue weighted by atomic mass is 19.1. The Morgan fingerprint density at radius 2 is 1.69 bits per heavy atom. The van der Waals surface area contributed by atoms with Gasteiger partial charge in [-0.05, 0) is 44.4 Å². The predicted octanol–water partition coefficient (Wildman–Crippen LogP) is 2.08. The standard InChI is InChI=1S/C22H27FN4O2/c1-25(2)11-10-24-21(28)17-6-5-7-18(16-17)22(29)27-14-12-26(13-15-27)20-9-4-3-8-19(20)23/h3-9,16H,10-15H2,1-2H3,(H,24,28). The Morgan fingerprint density at radius 1 is 1.00 bits per heavy atom. The van der Waals surface area contributed by atoms with Gasteiger partial charge in [0.2, 0.25) is 0 Å². The van der Waals surface area contributed by atoms with E-state index in [0.717, 1.165) is 6.54 Å². The van der Waals surface area contributed by atoms with Gasteiger partial charge in [0.15, 0.2) is 0 Å². The minimum absolute atomic E-state index is 0.110. The van der Waals surface area contributed by atoms with Crippen molar-refractivity contribution in [1.82, 2.24) is 15.1 Å². The number of hydrogen-bond donors (Lipinski definition) is 1. The minimum atomic E-state index is -0.250. The topological polar surface area (TPSA) is 55.9 Å². The number of piperazine rings is 1. The number of halogens is 1. The number of likely N-dealkylation sites (N-methyl/N-ethyl adjacent to an activating group) is 1. The van der Waals surface area contributed by atoms with Crippen LogP contribution in [0.4, 0.5) is 10.1 Å². The maximum Gasteiger partial charge on any atom is 0.253 e. The molecule has 0 radical (unpaired) electrons. The molecule has 1 fully saturated rings. The van der Waals surface area contributed by atoms with Crippen molar-refractivity contribution in [3.05, 3.63) is 65.5 Å². The summed E-state index contributed by atoms with van der Waals surface area (Å²) in [7, 11) is 3.88. The fourth-order valence-electron chi connectivity index (χ4n) is 3.33. The summed E-state index contributed by atoms with van der Waals surface area (Å²) in [6.07, 6.45) is 0. The molecule has 154 valence electrons. The Hall–Kier alpha value is -2.93. The van der Waals surface area contributed by atoms with E-state index in [4.69, 9.17) is 0 Å². The second-order valence-corrected chi connectivity index (χ2v) is 7.37. The summed E-state index contributed by atoms with van der Waals surface area (Å²) in [5.41, 5.74) is 1.53. The molecule has 0 aliphatic carbocycles. The van der Waals surface area contributed by atoms with Crippen LogP contribution in [-0.2, 0) is 0 Å². The lowest BCUT2D eigenvalue weighted by atomic mass is 10.1. The number of amides is 2. The monoisotopic (exact) mass is 398 g/mol. The quantitative estimate of drug-likeness (QED) is 0.810. The first-order chi connectivity index (χ1) is 14.0. The molecule has 1 aliphatic rings. The van der Waals surface area contributed by atoms with Crippen molar-refractivity contribution in [3.8, 4) is 0 Å². The molecular formula is C22H27FN4O2. The fourth-order valence-corrected chi connectivity index (χ4v) is 3.33. The number of para-hydroxylation sites is 1. The molecule has 1 heterocycles. The van der Waals surface area contributed by atoms with Crippen LogP contribution in [0.1, 0.15) is 20.7 Å². The molecule has 0 saturated carbocycles. The molecule has 0 unspecified atom stereocenters. The third-order valence-corrected chi connectivity index (χ3v) is 4.98. The van der Waals surface area contributed by atoms with E-state index in [2.05, 4.69) is 5.32 Å². The van der Waals surface area contributed by atoms with Gasteiger partial charge in [0.1, 0.15) is 5.82 Å². The summed E-state index contributed by atoms with van der Waals surface area (Å²) in [6, 6.07) is 13.5. The number of nitrogens with one attached hydrogen (secondary N) is 1. The van der Waals surface area contributed by atoms with E-state index in [1.165, 1.54) is 6.07 Å². The maximum absolute atomic E-state index is 14.0. The molecule has 0 atom stereocenters. The molecule has 2 aromatic carbocycles. The molecule has 0 bridgehead atoms. The molecule has 1 N–H and O–H groups in total. The Bertz CT molecular complexity index is 863. The van der Waals surface area contributed by atoms with Gasteiger partial charge in [-0.25, -0.2) is 4.39 Å². The number of carbonyl (C=O) groups is 2. The predicted molar refractivity (Wildman–Crippen MR) is 112 cm³/mol. The molecule has 2 aromatic rings. The van der Waals surface area contributed by atoms with Crippen LogP contribution in [0.15, 0.2) is 48.5 Å². The average molecular weight is 398 g/mol. The molecular weight excluding hydrogens is 371 g/mol. The van der Waals surface area contributed by atoms with Gasteiger partial charge < -0.3 is 20.0 Å². The summed E-state index contributed by atoms with van der Waals surface area (Å²) < 4.78 is 14.0. The number of benzene rings is 2. The zero-order valence-electron chi connectivity index (χ0n) is 16.9. The third-order valence-electron chi connectivity index (χ3n) is 4.98. The highest BCUT2D eigenvalue weighted by molar-refractivity contribution is 5.99. The van der Waals surface area contributed by atoms with Crippen LogP contribution in [0.5, 0.6) is 0 Å². The van der Waals surface area contributed by atoms with Gasteiger partial charge >= 0.3 is 0 Å². The van der Waals surface area contributed by atoms with E-state index < -0.39 is 0 Å². The van der Waals surface area contributed by atoms with Crippen LogP contribution in [0.2, 0.25) is 0 Å². The first-order valence-corrected chi connectivity index (χ1v) is 9.77.